The molecule has 0 saturated carbocycles. The molecular weight excluding hydrogens is 192 g/mol. The normalized spacial score (nSPS) is 10.9. The van der Waals surface area contributed by atoms with E-state index in [1.165, 1.54) is 0 Å². The quantitative estimate of drug-likeness (QED) is 0.368. The predicted octanol–water partition coefficient (Wildman–Crippen LogP) is 3.68. The molecule has 15 heavy (non-hydrogen) atoms. The van der Waals surface area contributed by atoms with E-state index in [2.05, 4.69) is 6.58 Å². The first-order valence-corrected chi connectivity index (χ1v) is 5.63. The maximum atomic E-state index is 11.3. The molecule has 88 valence electrons. The maximum Gasteiger partial charge on any atom is 0.509 e. The van der Waals surface area contributed by atoms with E-state index in [9.17, 15) is 4.79 Å². The summed E-state index contributed by atoms with van der Waals surface area (Å²) in [4.78, 5) is 11.3. The van der Waals surface area contributed by atoms with Crippen molar-refractivity contribution >= 4 is 6.16 Å². The summed E-state index contributed by atoms with van der Waals surface area (Å²) in [6.45, 7) is 10.1. The Labute approximate surface area is 92.5 Å². The molecule has 0 fully saturated rings. The van der Waals surface area contributed by atoms with E-state index in [1.807, 2.05) is 20.8 Å². The summed E-state index contributed by atoms with van der Waals surface area (Å²) in [7, 11) is 0. The summed E-state index contributed by atoms with van der Waals surface area (Å²) in [6.07, 6.45) is 4.39. The Morgan fingerprint density at radius 2 is 1.93 bits per heavy atom. The first-order chi connectivity index (χ1) is 7.14. The lowest BCUT2D eigenvalue weighted by atomic mass is 9.98. The molecule has 0 unspecified atom stereocenters. The second-order valence-corrected chi connectivity index (χ2v) is 3.53. The molecule has 0 atom stereocenters. The lowest BCUT2D eigenvalue weighted by Gasteiger charge is -2.27. The fraction of sp³-hybridized carbons (Fsp3) is 0.750. The van der Waals surface area contributed by atoms with Crippen molar-refractivity contribution in [1.29, 1.82) is 0 Å². The molecule has 3 nitrogen and oxygen atoms in total. The van der Waals surface area contributed by atoms with Gasteiger partial charge in [0.1, 0.15) is 5.60 Å². The Hall–Kier alpha value is -0.990. The van der Waals surface area contributed by atoms with Gasteiger partial charge in [0.25, 0.3) is 0 Å². The summed E-state index contributed by atoms with van der Waals surface area (Å²) in [5.41, 5.74) is -0.566. The molecular formula is C12H22O3. The average Bonchev–Trinajstić information content (AvgIpc) is 2.26. The lowest BCUT2D eigenvalue weighted by molar-refractivity contribution is -0.0145. The number of hydrogen-bond donors (Lipinski definition) is 0. The van der Waals surface area contributed by atoms with Gasteiger partial charge in [-0.3, -0.25) is 0 Å². The second kappa shape index (κ2) is 7.32. The molecule has 0 aliphatic rings. The minimum absolute atomic E-state index is 0.427. The SMILES string of the molecule is C=CC(CC)(CC)OC(=O)OCCCC. The third-order valence-corrected chi connectivity index (χ3v) is 2.57. The van der Waals surface area contributed by atoms with Crippen LogP contribution in [0.1, 0.15) is 46.5 Å². The highest BCUT2D eigenvalue weighted by molar-refractivity contribution is 5.60. The number of unbranched alkanes of at least 4 members (excludes halogenated alkanes) is 1. The molecule has 0 aromatic heterocycles. The van der Waals surface area contributed by atoms with Crippen LogP contribution >= 0.6 is 0 Å². The topological polar surface area (TPSA) is 35.5 Å². The Morgan fingerprint density at radius 3 is 2.33 bits per heavy atom. The van der Waals surface area contributed by atoms with Crippen LogP contribution in [0.2, 0.25) is 0 Å². The van der Waals surface area contributed by atoms with Gasteiger partial charge in [0.15, 0.2) is 0 Å². The van der Waals surface area contributed by atoms with Crippen LogP contribution in [0.4, 0.5) is 4.79 Å². The van der Waals surface area contributed by atoms with E-state index in [1.54, 1.807) is 6.08 Å². The van der Waals surface area contributed by atoms with Gasteiger partial charge >= 0.3 is 6.16 Å². The van der Waals surface area contributed by atoms with E-state index >= 15 is 0 Å². The van der Waals surface area contributed by atoms with Gasteiger partial charge in [-0.25, -0.2) is 4.79 Å². The Morgan fingerprint density at radius 1 is 1.33 bits per heavy atom. The average molecular weight is 214 g/mol. The van der Waals surface area contributed by atoms with Crippen molar-refractivity contribution < 1.29 is 14.3 Å². The van der Waals surface area contributed by atoms with Crippen molar-refractivity contribution in [3.63, 3.8) is 0 Å². The molecule has 0 amide bonds. The van der Waals surface area contributed by atoms with Gasteiger partial charge in [-0.05, 0) is 25.3 Å². The fourth-order valence-corrected chi connectivity index (χ4v) is 1.22. The molecule has 3 heteroatoms. The van der Waals surface area contributed by atoms with Crippen molar-refractivity contribution in [2.75, 3.05) is 6.61 Å². The minimum atomic E-state index is -0.591. The van der Waals surface area contributed by atoms with E-state index in [-0.39, 0.29) is 0 Å². The van der Waals surface area contributed by atoms with Crippen LogP contribution < -0.4 is 0 Å². The van der Waals surface area contributed by atoms with Gasteiger partial charge in [-0.2, -0.15) is 0 Å². The highest BCUT2D eigenvalue weighted by Crippen LogP contribution is 2.22. The monoisotopic (exact) mass is 214 g/mol. The Kier molecular flexibility index (Phi) is 6.84. The van der Waals surface area contributed by atoms with Gasteiger partial charge in [-0.1, -0.05) is 33.8 Å². The minimum Gasteiger partial charge on any atom is -0.434 e. The zero-order chi connectivity index (χ0) is 11.7. The zero-order valence-electron chi connectivity index (χ0n) is 10.0. The molecule has 0 spiro atoms. The highest BCUT2D eigenvalue weighted by atomic mass is 16.7. The number of rotatable bonds is 7. The first kappa shape index (κ1) is 14.0. The molecule has 0 aromatic rings. The van der Waals surface area contributed by atoms with Crippen molar-refractivity contribution in [2.24, 2.45) is 0 Å². The smallest absolute Gasteiger partial charge is 0.434 e. The number of carbonyl (C=O) groups is 1. The van der Waals surface area contributed by atoms with Gasteiger partial charge in [0.05, 0.1) is 6.61 Å². The molecule has 0 aromatic carbocycles. The molecule has 0 heterocycles. The molecule has 0 radical (unpaired) electrons. The maximum absolute atomic E-state index is 11.3. The van der Waals surface area contributed by atoms with Gasteiger partial charge in [0, 0.05) is 0 Å². The van der Waals surface area contributed by atoms with Crippen LogP contribution in [0.3, 0.4) is 0 Å². The summed E-state index contributed by atoms with van der Waals surface area (Å²) in [5.74, 6) is 0. The lowest BCUT2D eigenvalue weighted by Crippen LogP contribution is -2.31. The fourth-order valence-electron chi connectivity index (χ4n) is 1.22. The Balaban J connectivity index is 4.06. The second-order valence-electron chi connectivity index (χ2n) is 3.53. The number of ether oxygens (including phenoxy) is 2. The van der Waals surface area contributed by atoms with Gasteiger partial charge in [-0.15, -0.1) is 0 Å². The summed E-state index contributed by atoms with van der Waals surface area (Å²) >= 11 is 0. The van der Waals surface area contributed by atoms with Crippen LogP contribution in [0.15, 0.2) is 12.7 Å². The Bertz CT molecular complexity index is 195. The van der Waals surface area contributed by atoms with Crippen LogP contribution in [-0.4, -0.2) is 18.4 Å². The van der Waals surface area contributed by atoms with E-state index in [4.69, 9.17) is 9.47 Å². The van der Waals surface area contributed by atoms with Crippen LogP contribution in [0.25, 0.3) is 0 Å². The summed E-state index contributed by atoms with van der Waals surface area (Å²) < 4.78 is 10.2. The summed E-state index contributed by atoms with van der Waals surface area (Å²) in [5, 5.41) is 0. The van der Waals surface area contributed by atoms with Crippen molar-refractivity contribution in [3.05, 3.63) is 12.7 Å². The van der Waals surface area contributed by atoms with E-state index < -0.39 is 11.8 Å². The molecule has 0 aliphatic heterocycles. The number of carbonyl (C=O) groups excluding carboxylic acids is 1. The van der Waals surface area contributed by atoms with Gasteiger partial charge < -0.3 is 9.47 Å². The summed E-state index contributed by atoms with van der Waals surface area (Å²) in [6, 6.07) is 0. The molecule has 0 aliphatic carbocycles. The largest absolute Gasteiger partial charge is 0.509 e. The third-order valence-electron chi connectivity index (χ3n) is 2.57. The van der Waals surface area contributed by atoms with Crippen LogP contribution in [-0.2, 0) is 9.47 Å². The highest BCUT2D eigenvalue weighted by Gasteiger charge is 2.27. The zero-order valence-corrected chi connectivity index (χ0v) is 10.0. The van der Waals surface area contributed by atoms with E-state index in [0.717, 1.165) is 25.7 Å². The predicted molar refractivity (Wildman–Crippen MR) is 60.9 cm³/mol. The molecule has 0 saturated heterocycles. The molecule has 0 N–H and O–H groups in total. The third kappa shape index (κ3) is 4.86. The molecule has 0 rings (SSSR count). The molecule has 0 bridgehead atoms. The van der Waals surface area contributed by atoms with Crippen LogP contribution in [0.5, 0.6) is 0 Å². The van der Waals surface area contributed by atoms with Crippen molar-refractivity contribution in [1.82, 2.24) is 0 Å². The first-order valence-electron chi connectivity index (χ1n) is 5.63. The van der Waals surface area contributed by atoms with E-state index in [0.29, 0.717) is 6.61 Å². The van der Waals surface area contributed by atoms with Crippen molar-refractivity contribution in [3.8, 4) is 0 Å². The van der Waals surface area contributed by atoms with Gasteiger partial charge in [0.2, 0.25) is 0 Å². The number of hydrogen-bond acceptors (Lipinski definition) is 3. The standard InChI is InChI=1S/C12H22O3/c1-5-9-10-14-11(13)15-12(6-2,7-3)8-4/h6H,2,5,7-10H2,1,3-4H3. The van der Waals surface area contributed by atoms with Crippen molar-refractivity contribution in [2.45, 2.75) is 52.1 Å². The van der Waals surface area contributed by atoms with Crippen LogP contribution in [0, 0.1) is 0 Å².